The van der Waals surface area contributed by atoms with E-state index >= 15 is 0 Å². The number of benzene rings is 2. The van der Waals surface area contributed by atoms with Crippen molar-refractivity contribution in [3.8, 4) is 0 Å². The summed E-state index contributed by atoms with van der Waals surface area (Å²) >= 11 is 5.99. The Kier molecular flexibility index (Phi) is 5.08. The molecule has 0 atom stereocenters. The number of aromatic nitrogens is 2. The van der Waals surface area contributed by atoms with Crippen molar-refractivity contribution in [2.45, 2.75) is 19.6 Å². The summed E-state index contributed by atoms with van der Waals surface area (Å²) in [5.41, 5.74) is 3.11. The lowest BCUT2D eigenvalue weighted by atomic mass is 10.0. The Hall–Kier alpha value is -2.43. The lowest BCUT2D eigenvalue weighted by Gasteiger charge is -2.03. The summed E-state index contributed by atoms with van der Waals surface area (Å²) in [4.78, 5) is 16.6. The van der Waals surface area contributed by atoms with Gasteiger partial charge < -0.3 is 9.67 Å². The molecule has 0 spiro atoms. The van der Waals surface area contributed by atoms with Crippen LogP contribution in [-0.4, -0.2) is 20.4 Å². The minimum atomic E-state index is -0.0740. The van der Waals surface area contributed by atoms with Crippen LogP contribution >= 0.6 is 11.6 Å². The average molecular weight is 341 g/mol. The summed E-state index contributed by atoms with van der Waals surface area (Å²) in [6.07, 6.45) is 3.82. The molecule has 0 saturated heterocycles. The van der Waals surface area contributed by atoms with E-state index < -0.39 is 0 Å². The lowest BCUT2D eigenvalue weighted by molar-refractivity contribution is 0.0992. The van der Waals surface area contributed by atoms with Gasteiger partial charge in [-0.1, -0.05) is 41.9 Å². The number of aliphatic hydroxyl groups excluding tert-OH is 1. The van der Waals surface area contributed by atoms with E-state index in [1.165, 1.54) is 0 Å². The zero-order valence-electron chi connectivity index (χ0n) is 13.0. The smallest absolute Gasteiger partial charge is 0.168 e. The van der Waals surface area contributed by atoms with Gasteiger partial charge in [-0.25, -0.2) is 4.98 Å². The number of Topliss-reactive ketones (excluding diaryl/α,β-unsaturated/α-hetero) is 1. The van der Waals surface area contributed by atoms with Crippen LogP contribution in [0.15, 0.2) is 61.1 Å². The minimum absolute atomic E-state index is 0.0155. The molecule has 0 aliphatic carbocycles. The van der Waals surface area contributed by atoms with Gasteiger partial charge in [0.2, 0.25) is 0 Å². The molecule has 1 heterocycles. The largest absolute Gasteiger partial charge is 0.392 e. The first-order valence-electron chi connectivity index (χ1n) is 7.62. The van der Waals surface area contributed by atoms with Crippen LogP contribution in [-0.2, 0) is 19.6 Å². The van der Waals surface area contributed by atoms with Gasteiger partial charge in [-0.05, 0) is 29.3 Å². The monoisotopic (exact) mass is 340 g/mol. The summed E-state index contributed by atoms with van der Waals surface area (Å²) in [5.74, 6) is -0.0155. The number of hydrogen-bond acceptors (Lipinski definition) is 3. The van der Waals surface area contributed by atoms with Gasteiger partial charge in [-0.15, -0.1) is 0 Å². The van der Waals surface area contributed by atoms with E-state index in [0.717, 1.165) is 16.8 Å². The molecule has 0 bridgehead atoms. The van der Waals surface area contributed by atoms with Crippen molar-refractivity contribution in [2.75, 3.05) is 0 Å². The molecular weight excluding hydrogens is 324 g/mol. The highest BCUT2D eigenvalue weighted by Crippen LogP contribution is 2.13. The SMILES string of the molecule is O=C(Cc1cn(Cc2cccc(Cl)c2)cn1)c1cccc(CO)c1. The number of ketones is 1. The van der Waals surface area contributed by atoms with Crippen LogP contribution < -0.4 is 0 Å². The lowest BCUT2D eigenvalue weighted by Crippen LogP contribution is -2.04. The first-order valence-corrected chi connectivity index (χ1v) is 8.00. The van der Waals surface area contributed by atoms with E-state index in [4.69, 9.17) is 16.7 Å². The standard InChI is InChI=1S/C19H17ClN2O2/c20-17-6-2-3-14(8-17)10-22-11-18(21-13-22)9-19(24)16-5-1-4-15(7-16)12-23/h1-8,11,13,23H,9-10,12H2. The number of rotatable bonds is 6. The normalized spacial score (nSPS) is 10.8. The summed E-state index contributed by atoms with van der Waals surface area (Å²) < 4.78 is 1.93. The van der Waals surface area contributed by atoms with Crippen molar-refractivity contribution in [3.63, 3.8) is 0 Å². The number of carbonyl (C=O) groups is 1. The highest BCUT2D eigenvalue weighted by atomic mass is 35.5. The van der Waals surface area contributed by atoms with Crippen LogP contribution in [0.25, 0.3) is 0 Å². The fourth-order valence-corrected chi connectivity index (χ4v) is 2.75. The van der Waals surface area contributed by atoms with E-state index in [-0.39, 0.29) is 18.8 Å². The summed E-state index contributed by atoms with van der Waals surface area (Å²) in [7, 11) is 0. The van der Waals surface area contributed by atoms with Gasteiger partial charge in [0.25, 0.3) is 0 Å². The van der Waals surface area contributed by atoms with E-state index in [9.17, 15) is 4.79 Å². The predicted molar refractivity (Wildman–Crippen MR) is 93.2 cm³/mol. The van der Waals surface area contributed by atoms with Gasteiger partial charge in [-0.2, -0.15) is 0 Å². The Balaban J connectivity index is 1.68. The van der Waals surface area contributed by atoms with Crippen LogP contribution in [0, 0.1) is 0 Å². The van der Waals surface area contributed by atoms with Crippen molar-refractivity contribution < 1.29 is 9.90 Å². The van der Waals surface area contributed by atoms with Crippen LogP contribution in [0.5, 0.6) is 0 Å². The highest BCUT2D eigenvalue weighted by Gasteiger charge is 2.10. The number of nitrogens with zero attached hydrogens (tertiary/aromatic N) is 2. The molecule has 4 nitrogen and oxygen atoms in total. The Morgan fingerprint density at radius 3 is 2.71 bits per heavy atom. The summed E-state index contributed by atoms with van der Waals surface area (Å²) in [6.45, 7) is 0.580. The summed E-state index contributed by atoms with van der Waals surface area (Å²) in [6, 6.07) is 14.7. The molecule has 0 unspecified atom stereocenters. The molecular formula is C19H17ClN2O2. The fourth-order valence-electron chi connectivity index (χ4n) is 2.54. The number of carbonyl (C=O) groups excluding carboxylic acids is 1. The van der Waals surface area contributed by atoms with Crippen molar-refractivity contribution in [3.05, 3.63) is 88.5 Å². The van der Waals surface area contributed by atoms with Crippen LogP contribution in [0.3, 0.4) is 0 Å². The zero-order valence-corrected chi connectivity index (χ0v) is 13.8. The number of halogens is 1. The Morgan fingerprint density at radius 2 is 1.92 bits per heavy atom. The molecule has 2 aromatic carbocycles. The minimum Gasteiger partial charge on any atom is -0.392 e. The number of aliphatic hydroxyl groups is 1. The Morgan fingerprint density at radius 1 is 1.12 bits per heavy atom. The van der Waals surface area contributed by atoms with Crippen molar-refractivity contribution in [2.24, 2.45) is 0 Å². The molecule has 0 amide bonds. The van der Waals surface area contributed by atoms with Crippen LogP contribution in [0.4, 0.5) is 0 Å². The average Bonchev–Trinajstić information content (AvgIpc) is 3.01. The first kappa shape index (κ1) is 16.4. The molecule has 3 aromatic rings. The molecule has 0 radical (unpaired) electrons. The molecule has 1 N–H and O–H groups in total. The summed E-state index contributed by atoms with van der Waals surface area (Å²) in [5, 5.41) is 9.86. The maximum absolute atomic E-state index is 12.3. The second-order valence-electron chi connectivity index (χ2n) is 5.63. The first-order chi connectivity index (χ1) is 11.6. The van der Waals surface area contributed by atoms with Crippen molar-refractivity contribution in [1.29, 1.82) is 0 Å². The highest BCUT2D eigenvalue weighted by molar-refractivity contribution is 6.30. The quantitative estimate of drug-likeness (QED) is 0.699. The third-order valence-corrected chi connectivity index (χ3v) is 3.95. The molecule has 0 aliphatic heterocycles. The van der Waals surface area contributed by atoms with Gasteiger partial charge >= 0.3 is 0 Å². The van der Waals surface area contributed by atoms with E-state index in [2.05, 4.69) is 4.98 Å². The van der Waals surface area contributed by atoms with E-state index in [1.54, 1.807) is 30.6 Å². The Labute approximate surface area is 145 Å². The molecule has 24 heavy (non-hydrogen) atoms. The fraction of sp³-hybridized carbons (Fsp3) is 0.158. The zero-order chi connectivity index (χ0) is 16.9. The molecule has 0 aliphatic rings. The van der Waals surface area contributed by atoms with Crippen molar-refractivity contribution in [1.82, 2.24) is 9.55 Å². The molecule has 122 valence electrons. The maximum atomic E-state index is 12.3. The van der Waals surface area contributed by atoms with Crippen molar-refractivity contribution >= 4 is 17.4 Å². The van der Waals surface area contributed by atoms with Gasteiger partial charge in [0.15, 0.2) is 5.78 Å². The number of imidazole rings is 1. The van der Waals surface area contributed by atoms with Gasteiger partial charge in [0.05, 0.1) is 25.0 Å². The molecule has 0 fully saturated rings. The van der Waals surface area contributed by atoms with Crippen LogP contribution in [0.1, 0.15) is 27.2 Å². The Bertz CT molecular complexity index is 858. The molecule has 3 rings (SSSR count). The van der Waals surface area contributed by atoms with E-state index in [0.29, 0.717) is 17.1 Å². The van der Waals surface area contributed by atoms with Gasteiger partial charge in [0.1, 0.15) is 0 Å². The van der Waals surface area contributed by atoms with E-state index in [1.807, 2.05) is 35.0 Å². The van der Waals surface area contributed by atoms with Gasteiger partial charge in [0, 0.05) is 23.3 Å². The second-order valence-corrected chi connectivity index (χ2v) is 6.06. The molecule has 0 saturated carbocycles. The van der Waals surface area contributed by atoms with Gasteiger partial charge in [-0.3, -0.25) is 4.79 Å². The third kappa shape index (κ3) is 4.10. The molecule has 1 aromatic heterocycles. The molecule has 5 heteroatoms. The number of hydrogen-bond donors (Lipinski definition) is 1. The second kappa shape index (κ2) is 7.43. The maximum Gasteiger partial charge on any atom is 0.168 e. The predicted octanol–water partition coefficient (Wildman–Crippen LogP) is 3.50. The van der Waals surface area contributed by atoms with Crippen LogP contribution in [0.2, 0.25) is 5.02 Å². The topological polar surface area (TPSA) is 55.1 Å². The third-order valence-electron chi connectivity index (χ3n) is 3.71.